The zero-order valence-corrected chi connectivity index (χ0v) is 16.7. The van der Waals surface area contributed by atoms with Crippen molar-refractivity contribution in [3.8, 4) is 5.75 Å². The molecule has 4 aromatic rings. The fourth-order valence-electron chi connectivity index (χ4n) is 2.91. The topological polar surface area (TPSA) is 119 Å². The van der Waals surface area contributed by atoms with Crippen LogP contribution in [0, 0.1) is 5.92 Å². The van der Waals surface area contributed by atoms with Crippen molar-refractivity contribution in [2.45, 2.75) is 29.4 Å². The molecule has 0 saturated heterocycles. The van der Waals surface area contributed by atoms with Gasteiger partial charge in [0.15, 0.2) is 17.1 Å². The maximum absolute atomic E-state index is 11.9. The van der Waals surface area contributed by atoms with Crippen molar-refractivity contribution in [1.29, 1.82) is 0 Å². The third-order valence-electron chi connectivity index (χ3n) is 4.61. The molecule has 0 aliphatic heterocycles. The fraction of sp³-hybridized carbons (Fsp3) is 0.316. The summed E-state index contributed by atoms with van der Waals surface area (Å²) in [4.78, 5) is 16.3. The van der Waals surface area contributed by atoms with Crippen LogP contribution in [-0.4, -0.2) is 53.4 Å². The van der Waals surface area contributed by atoms with E-state index in [2.05, 4.69) is 25.6 Å². The van der Waals surface area contributed by atoms with Gasteiger partial charge in [-0.15, -0.1) is 10.2 Å². The van der Waals surface area contributed by atoms with Gasteiger partial charge in [-0.05, 0) is 48.9 Å². The number of anilines is 1. The molecule has 4 aromatic heterocycles. The second kappa shape index (κ2) is 7.92. The summed E-state index contributed by atoms with van der Waals surface area (Å²) < 4.78 is 9.10. The Bertz CT molecular complexity index is 1220. The van der Waals surface area contributed by atoms with Gasteiger partial charge in [0.2, 0.25) is 11.1 Å². The van der Waals surface area contributed by atoms with Crippen LogP contribution in [0.5, 0.6) is 5.75 Å². The van der Waals surface area contributed by atoms with Gasteiger partial charge in [0.05, 0.1) is 19.0 Å². The standard InChI is InChI=1S/C19H19N7O3S/c27-8-1-9-29-13-4-5-16-22-23-19(25(16)10-13)30-17-7-6-15-20-14(11-26(15)24-17)21-18(28)12-2-3-12/h4-7,10-12,27H,1-3,8-9H2,(H,21,28). The number of ether oxygens (including phenoxy) is 1. The van der Waals surface area contributed by atoms with Crippen molar-refractivity contribution in [2.75, 3.05) is 18.5 Å². The van der Waals surface area contributed by atoms with Gasteiger partial charge < -0.3 is 15.2 Å². The summed E-state index contributed by atoms with van der Waals surface area (Å²) in [7, 11) is 0. The second-order valence-electron chi connectivity index (χ2n) is 6.97. The van der Waals surface area contributed by atoms with Crippen LogP contribution in [0.2, 0.25) is 0 Å². The minimum atomic E-state index is 0.0138. The highest BCUT2D eigenvalue weighted by Gasteiger charge is 2.30. The van der Waals surface area contributed by atoms with Crippen LogP contribution in [-0.2, 0) is 4.79 Å². The molecule has 0 unspecified atom stereocenters. The first kappa shape index (κ1) is 18.8. The van der Waals surface area contributed by atoms with E-state index in [4.69, 9.17) is 9.84 Å². The largest absolute Gasteiger partial charge is 0.492 e. The number of aliphatic hydroxyl groups is 1. The van der Waals surface area contributed by atoms with E-state index in [1.165, 1.54) is 11.8 Å². The van der Waals surface area contributed by atoms with Crippen LogP contribution in [0.15, 0.2) is 46.8 Å². The van der Waals surface area contributed by atoms with Crippen molar-refractivity contribution in [3.63, 3.8) is 0 Å². The summed E-state index contributed by atoms with van der Waals surface area (Å²) in [6.07, 6.45) is 5.97. The van der Waals surface area contributed by atoms with E-state index in [0.717, 1.165) is 12.8 Å². The third kappa shape index (κ3) is 3.94. The molecule has 30 heavy (non-hydrogen) atoms. The number of rotatable bonds is 8. The number of carbonyl (C=O) groups is 1. The predicted octanol–water partition coefficient (Wildman–Crippen LogP) is 2.03. The van der Waals surface area contributed by atoms with E-state index in [0.29, 0.717) is 46.1 Å². The van der Waals surface area contributed by atoms with E-state index in [9.17, 15) is 4.79 Å². The summed E-state index contributed by atoms with van der Waals surface area (Å²) in [5.74, 6) is 1.30. The summed E-state index contributed by atoms with van der Waals surface area (Å²) in [5, 5.41) is 26.1. The smallest absolute Gasteiger partial charge is 0.228 e. The average Bonchev–Trinajstić information content (AvgIpc) is 3.42. The number of aliphatic hydroxyl groups excluding tert-OH is 1. The molecule has 1 aliphatic rings. The molecule has 1 aliphatic carbocycles. The first-order chi connectivity index (χ1) is 14.7. The Morgan fingerprint density at radius 1 is 1.20 bits per heavy atom. The van der Waals surface area contributed by atoms with Crippen LogP contribution in [0.25, 0.3) is 11.3 Å². The number of amides is 1. The van der Waals surface area contributed by atoms with Crippen molar-refractivity contribution < 1.29 is 14.6 Å². The Hall–Kier alpha value is -3.18. The Balaban J connectivity index is 1.35. The molecular formula is C19H19N7O3S. The van der Waals surface area contributed by atoms with Crippen LogP contribution in [0.1, 0.15) is 19.3 Å². The molecule has 10 nitrogen and oxygen atoms in total. The number of nitrogens with one attached hydrogen (secondary N) is 1. The summed E-state index contributed by atoms with van der Waals surface area (Å²) in [6, 6.07) is 7.34. The number of aromatic nitrogens is 6. The Kier molecular flexibility index (Phi) is 4.97. The van der Waals surface area contributed by atoms with Crippen LogP contribution in [0.3, 0.4) is 0 Å². The monoisotopic (exact) mass is 425 g/mol. The number of hydrogen-bond acceptors (Lipinski definition) is 8. The van der Waals surface area contributed by atoms with Gasteiger partial charge in [-0.25, -0.2) is 9.50 Å². The van der Waals surface area contributed by atoms with Crippen molar-refractivity contribution >= 4 is 34.8 Å². The molecule has 4 heterocycles. The summed E-state index contributed by atoms with van der Waals surface area (Å²) >= 11 is 1.36. The Labute approximate surface area is 175 Å². The lowest BCUT2D eigenvalue weighted by atomic mass is 10.4. The molecular weight excluding hydrogens is 406 g/mol. The maximum atomic E-state index is 11.9. The molecule has 0 bridgehead atoms. The highest BCUT2D eigenvalue weighted by molar-refractivity contribution is 7.99. The highest BCUT2D eigenvalue weighted by Crippen LogP contribution is 2.30. The first-order valence-corrected chi connectivity index (χ1v) is 10.4. The zero-order valence-electron chi connectivity index (χ0n) is 15.9. The van der Waals surface area contributed by atoms with E-state index in [1.54, 1.807) is 10.7 Å². The van der Waals surface area contributed by atoms with Gasteiger partial charge >= 0.3 is 0 Å². The average molecular weight is 425 g/mol. The molecule has 1 amide bonds. The first-order valence-electron chi connectivity index (χ1n) is 9.63. The second-order valence-corrected chi connectivity index (χ2v) is 7.95. The van der Waals surface area contributed by atoms with Crippen molar-refractivity contribution in [1.82, 2.24) is 29.2 Å². The molecule has 0 spiro atoms. The molecule has 1 saturated carbocycles. The predicted molar refractivity (Wildman–Crippen MR) is 109 cm³/mol. The van der Waals surface area contributed by atoms with E-state index >= 15 is 0 Å². The Morgan fingerprint density at radius 3 is 2.90 bits per heavy atom. The van der Waals surface area contributed by atoms with Gasteiger partial charge in [0.1, 0.15) is 10.8 Å². The fourth-order valence-corrected chi connectivity index (χ4v) is 3.68. The van der Waals surface area contributed by atoms with E-state index < -0.39 is 0 Å². The molecule has 1 fully saturated rings. The van der Waals surface area contributed by atoms with Gasteiger partial charge in [0.25, 0.3) is 0 Å². The van der Waals surface area contributed by atoms with Crippen molar-refractivity contribution in [2.24, 2.45) is 5.92 Å². The highest BCUT2D eigenvalue weighted by atomic mass is 32.2. The molecule has 0 atom stereocenters. The lowest BCUT2D eigenvalue weighted by Crippen LogP contribution is -2.13. The number of carbonyl (C=O) groups excluding carboxylic acids is 1. The zero-order chi connectivity index (χ0) is 20.5. The normalized spacial score (nSPS) is 13.8. The molecule has 0 radical (unpaired) electrons. The summed E-state index contributed by atoms with van der Waals surface area (Å²) in [6.45, 7) is 0.523. The summed E-state index contributed by atoms with van der Waals surface area (Å²) in [5.41, 5.74) is 1.34. The SMILES string of the molecule is O=C(Nc1cn2nc(Sc3nnc4ccc(OCCCO)cn34)ccc2n1)C1CC1. The Morgan fingerprint density at radius 2 is 2.07 bits per heavy atom. The lowest BCUT2D eigenvalue weighted by molar-refractivity contribution is -0.117. The number of imidazole rings is 1. The van der Waals surface area contributed by atoms with Gasteiger partial charge in [-0.1, -0.05) is 0 Å². The molecule has 5 rings (SSSR count). The molecule has 2 N–H and O–H groups in total. The van der Waals surface area contributed by atoms with Gasteiger partial charge in [-0.2, -0.15) is 5.10 Å². The number of hydrogen-bond donors (Lipinski definition) is 2. The molecule has 0 aromatic carbocycles. The van der Waals surface area contributed by atoms with Crippen LogP contribution < -0.4 is 10.1 Å². The number of pyridine rings is 1. The lowest BCUT2D eigenvalue weighted by Gasteiger charge is -2.06. The minimum Gasteiger partial charge on any atom is -0.492 e. The van der Waals surface area contributed by atoms with E-state index in [-0.39, 0.29) is 18.4 Å². The van der Waals surface area contributed by atoms with Gasteiger partial charge in [-0.3, -0.25) is 9.20 Å². The third-order valence-corrected chi connectivity index (χ3v) is 5.49. The molecule has 11 heteroatoms. The number of fused-ring (bicyclic) bond motifs is 2. The van der Waals surface area contributed by atoms with Crippen molar-refractivity contribution in [3.05, 3.63) is 36.7 Å². The van der Waals surface area contributed by atoms with E-state index in [1.807, 2.05) is 34.9 Å². The quantitative estimate of drug-likeness (QED) is 0.412. The minimum absolute atomic E-state index is 0.0138. The van der Waals surface area contributed by atoms with Crippen LogP contribution >= 0.6 is 11.8 Å². The van der Waals surface area contributed by atoms with Gasteiger partial charge in [0, 0.05) is 18.9 Å². The maximum Gasteiger partial charge on any atom is 0.228 e. The van der Waals surface area contributed by atoms with Crippen LogP contribution in [0.4, 0.5) is 5.82 Å². The number of nitrogens with zero attached hydrogens (tertiary/aromatic N) is 6. The molecule has 154 valence electrons.